The molecule has 0 radical (unpaired) electrons. The number of hydrogen-bond acceptors (Lipinski definition) is 6. The smallest absolute Gasteiger partial charge is 0.318 e. The lowest BCUT2D eigenvalue weighted by Gasteiger charge is -2.12. The number of benzene rings is 3. The van der Waals surface area contributed by atoms with E-state index in [0.717, 1.165) is 27.6 Å². The summed E-state index contributed by atoms with van der Waals surface area (Å²) < 4.78 is 12.7. The largest absolute Gasteiger partial charge is 0.496 e. The third-order valence-corrected chi connectivity index (χ3v) is 5.09. The summed E-state index contributed by atoms with van der Waals surface area (Å²) in [6.07, 6.45) is 4.06. The first kappa shape index (κ1) is 21.8. The number of hydrogen-bond donors (Lipinski definition) is 0. The van der Waals surface area contributed by atoms with Gasteiger partial charge in [-0.25, -0.2) is 0 Å². The average molecular weight is 443 g/mol. The van der Waals surface area contributed by atoms with E-state index in [-0.39, 0.29) is 18.0 Å². The molecule has 8 nitrogen and oxygen atoms in total. The van der Waals surface area contributed by atoms with Gasteiger partial charge in [0.2, 0.25) is 11.5 Å². The molecular formula is C25H21N3O5. The van der Waals surface area contributed by atoms with Crippen LogP contribution in [0.15, 0.2) is 72.9 Å². The molecule has 0 bridgehead atoms. The van der Waals surface area contributed by atoms with Crippen LogP contribution in [0.1, 0.15) is 21.6 Å². The highest BCUT2D eigenvalue weighted by molar-refractivity contribution is 6.08. The first-order valence-corrected chi connectivity index (χ1v) is 10.1. The zero-order valence-electron chi connectivity index (χ0n) is 18.1. The fraction of sp³-hybridized carbons (Fsp3) is 0.120. The number of ketones is 1. The average Bonchev–Trinajstić information content (AvgIpc) is 3.23. The van der Waals surface area contributed by atoms with Gasteiger partial charge in [0.25, 0.3) is 0 Å². The summed E-state index contributed by atoms with van der Waals surface area (Å²) in [5.74, 6) is 0.834. The number of ether oxygens (including phenoxy) is 2. The van der Waals surface area contributed by atoms with Gasteiger partial charge in [-0.3, -0.25) is 19.6 Å². The lowest BCUT2D eigenvalue weighted by Crippen LogP contribution is -2.01. The lowest BCUT2D eigenvalue weighted by atomic mass is 10.1. The maximum atomic E-state index is 12.5. The van der Waals surface area contributed by atoms with Crippen LogP contribution in [0.3, 0.4) is 0 Å². The number of rotatable bonds is 8. The topological polar surface area (TPSA) is 96.5 Å². The predicted octanol–water partition coefficient (Wildman–Crippen LogP) is 4.97. The van der Waals surface area contributed by atoms with Gasteiger partial charge < -0.3 is 9.47 Å². The van der Waals surface area contributed by atoms with Crippen molar-refractivity contribution in [2.45, 2.75) is 6.61 Å². The van der Waals surface area contributed by atoms with E-state index in [4.69, 9.17) is 9.47 Å². The Bertz CT molecular complexity index is 1370. The number of aryl methyl sites for hydroxylation is 1. The molecule has 33 heavy (non-hydrogen) atoms. The van der Waals surface area contributed by atoms with Gasteiger partial charge in [0.1, 0.15) is 24.3 Å². The Kier molecular flexibility index (Phi) is 6.17. The standard InChI is InChI=1S/C25H21N3O5/c1-27-15-22(28(30)31)25(26-27)23(29)11-7-17-8-12-24(32-2)20(13-17)16-33-21-10-9-18-5-3-4-6-19(18)14-21/h3-15H,16H2,1-2H3/b11-7+. The molecular weight excluding hydrogens is 422 g/mol. The van der Waals surface area contributed by atoms with Crippen molar-refractivity contribution < 1.29 is 19.2 Å². The highest BCUT2D eigenvalue weighted by atomic mass is 16.6. The molecule has 0 atom stereocenters. The van der Waals surface area contributed by atoms with Crippen molar-refractivity contribution in [3.63, 3.8) is 0 Å². The zero-order valence-corrected chi connectivity index (χ0v) is 18.1. The molecule has 0 unspecified atom stereocenters. The second-order valence-electron chi connectivity index (χ2n) is 7.36. The van der Waals surface area contributed by atoms with Crippen molar-refractivity contribution >= 4 is 28.3 Å². The van der Waals surface area contributed by atoms with E-state index in [2.05, 4.69) is 5.10 Å². The van der Waals surface area contributed by atoms with Crippen LogP contribution in [0.2, 0.25) is 0 Å². The predicted molar refractivity (Wildman–Crippen MR) is 125 cm³/mol. The fourth-order valence-corrected chi connectivity index (χ4v) is 3.47. The minimum absolute atomic E-state index is 0.202. The van der Waals surface area contributed by atoms with Gasteiger partial charge in [0.05, 0.1) is 12.0 Å². The minimum atomic E-state index is -0.621. The normalized spacial score (nSPS) is 11.1. The first-order valence-electron chi connectivity index (χ1n) is 10.1. The number of nitro groups is 1. The van der Waals surface area contributed by atoms with Gasteiger partial charge >= 0.3 is 5.69 Å². The number of nitrogens with zero attached hydrogens (tertiary/aromatic N) is 3. The zero-order chi connectivity index (χ0) is 23.4. The summed E-state index contributed by atoms with van der Waals surface area (Å²) in [5.41, 5.74) is 0.988. The summed E-state index contributed by atoms with van der Waals surface area (Å²) in [4.78, 5) is 23.0. The van der Waals surface area contributed by atoms with Crippen LogP contribution in [0.4, 0.5) is 5.69 Å². The molecule has 0 aliphatic heterocycles. The van der Waals surface area contributed by atoms with Crippen LogP contribution in [0.25, 0.3) is 16.8 Å². The molecule has 0 saturated heterocycles. The molecule has 4 aromatic rings. The third-order valence-electron chi connectivity index (χ3n) is 5.09. The Morgan fingerprint density at radius 2 is 1.91 bits per heavy atom. The van der Waals surface area contributed by atoms with Gasteiger partial charge in [-0.15, -0.1) is 0 Å². The van der Waals surface area contributed by atoms with Crippen molar-refractivity contribution in [3.8, 4) is 11.5 Å². The molecule has 166 valence electrons. The van der Waals surface area contributed by atoms with E-state index in [0.29, 0.717) is 5.75 Å². The van der Waals surface area contributed by atoms with Gasteiger partial charge in [0.15, 0.2) is 0 Å². The minimum Gasteiger partial charge on any atom is -0.496 e. The molecule has 0 N–H and O–H groups in total. The van der Waals surface area contributed by atoms with Crippen molar-refractivity contribution in [3.05, 3.63) is 99.9 Å². The van der Waals surface area contributed by atoms with Crippen molar-refractivity contribution in [2.75, 3.05) is 7.11 Å². The summed E-state index contributed by atoms with van der Waals surface area (Å²) in [7, 11) is 3.10. The molecule has 1 aromatic heterocycles. The molecule has 0 aliphatic rings. The Balaban J connectivity index is 1.52. The van der Waals surface area contributed by atoms with Crippen molar-refractivity contribution in [1.29, 1.82) is 0 Å². The maximum Gasteiger partial charge on any atom is 0.318 e. The van der Waals surface area contributed by atoms with Gasteiger partial charge in [-0.2, -0.15) is 5.10 Å². The van der Waals surface area contributed by atoms with E-state index >= 15 is 0 Å². The maximum absolute atomic E-state index is 12.5. The molecule has 0 saturated carbocycles. The Labute approximate surface area is 189 Å². The van der Waals surface area contributed by atoms with Crippen LogP contribution in [-0.2, 0) is 13.7 Å². The Morgan fingerprint density at radius 3 is 2.67 bits per heavy atom. The quantitative estimate of drug-likeness (QED) is 0.165. The number of carbonyl (C=O) groups is 1. The first-order chi connectivity index (χ1) is 15.9. The highest BCUT2D eigenvalue weighted by Gasteiger charge is 2.23. The summed E-state index contributed by atoms with van der Waals surface area (Å²) in [6, 6.07) is 19.3. The summed E-state index contributed by atoms with van der Waals surface area (Å²) in [5, 5.41) is 17.3. The number of fused-ring (bicyclic) bond motifs is 1. The number of allylic oxidation sites excluding steroid dienone is 1. The number of methoxy groups -OCH3 is 1. The van der Waals surface area contributed by atoms with Gasteiger partial charge in [-0.05, 0) is 46.7 Å². The van der Waals surface area contributed by atoms with Gasteiger partial charge in [-0.1, -0.05) is 42.5 Å². The molecule has 3 aromatic carbocycles. The number of aromatic nitrogens is 2. The van der Waals surface area contributed by atoms with E-state index in [1.165, 1.54) is 24.0 Å². The van der Waals surface area contributed by atoms with Crippen LogP contribution in [0.5, 0.6) is 11.5 Å². The third kappa shape index (κ3) is 4.90. The van der Waals surface area contributed by atoms with Crippen molar-refractivity contribution in [2.24, 2.45) is 7.05 Å². The monoisotopic (exact) mass is 443 g/mol. The summed E-state index contributed by atoms with van der Waals surface area (Å²) in [6.45, 7) is 0.267. The molecule has 0 amide bonds. The van der Waals surface area contributed by atoms with E-state index in [9.17, 15) is 14.9 Å². The molecule has 1 heterocycles. The van der Waals surface area contributed by atoms with Gasteiger partial charge in [0, 0.05) is 12.6 Å². The second kappa shape index (κ2) is 9.35. The van der Waals surface area contributed by atoms with Crippen LogP contribution < -0.4 is 9.47 Å². The van der Waals surface area contributed by atoms with Crippen LogP contribution >= 0.6 is 0 Å². The molecule has 0 spiro atoms. The van der Waals surface area contributed by atoms with E-state index in [1.807, 2.05) is 48.5 Å². The van der Waals surface area contributed by atoms with Crippen LogP contribution in [0, 0.1) is 10.1 Å². The highest BCUT2D eigenvalue weighted by Crippen LogP contribution is 2.25. The molecule has 0 aliphatic carbocycles. The second-order valence-corrected chi connectivity index (χ2v) is 7.36. The molecule has 8 heteroatoms. The lowest BCUT2D eigenvalue weighted by molar-refractivity contribution is -0.385. The number of carbonyl (C=O) groups excluding carboxylic acids is 1. The molecule has 0 fully saturated rings. The summed E-state index contributed by atoms with van der Waals surface area (Å²) >= 11 is 0. The van der Waals surface area contributed by atoms with Crippen molar-refractivity contribution in [1.82, 2.24) is 9.78 Å². The van der Waals surface area contributed by atoms with E-state index < -0.39 is 10.7 Å². The molecule has 4 rings (SSSR count). The fourth-order valence-electron chi connectivity index (χ4n) is 3.47. The van der Waals surface area contributed by atoms with Crippen LogP contribution in [-0.4, -0.2) is 27.6 Å². The van der Waals surface area contributed by atoms with E-state index in [1.54, 1.807) is 25.3 Å². The Hall–Kier alpha value is -4.46. The Morgan fingerprint density at radius 1 is 1.12 bits per heavy atom. The SMILES string of the molecule is COc1ccc(/C=C/C(=O)c2nn(C)cc2[N+](=O)[O-])cc1COc1ccc2ccccc2c1.